The molecule has 1 aliphatic carbocycles. The number of hydrogen-bond acceptors (Lipinski definition) is 3. The van der Waals surface area contributed by atoms with Gasteiger partial charge in [-0.1, -0.05) is 24.3 Å². The fourth-order valence-electron chi connectivity index (χ4n) is 4.27. The van der Waals surface area contributed by atoms with Crippen LogP contribution in [0.15, 0.2) is 42.5 Å². The summed E-state index contributed by atoms with van der Waals surface area (Å²) in [4.78, 5) is 29.1. The van der Waals surface area contributed by atoms with Crippen molar-refractivity contribution in [2.75, 3.05) is 26.7 Å². The lowest BCUT2D eigenvalue weighted by atomic mass is 9.98. The minimum Gasteiger partial charge on any atom is -0.342 e. The predicted molar refractivity (Wildman–Crippen MR) is 116 cm³/mol. The molecule has 2 fully saturated rings. The monoisotopic (exact) mass is 401 g/mol. The number of hydrogen-bond donors (Lipinski definition) is 0. The molecule has 0 aromatic heterocycles. The number of benzene rings is 2. The summed E-state index contributed by atoms with van der Waals surface area (Å²) in [7, 11) is 1.85. The van der Waals surface area contributed by atoms with Gasteiger partial charge in [-0.05, 0) is 67.0 Å². The minimum atomic E-state index is 0.0193. The summed E-state index contributed by atoms with van der Waals surface area (Å²) in [5, 5.41) is 8.95. The predicted octanol–water partition coefficient (Wildman–Crippen LogP) is 3.86. The van der Waals surface area contributed by atoms with Crippen LogP contribution in [0.3, 0.4) is 0 Å². The van der Waals surface area contributed by atoms with Gasteiger partial charge in [0.05, 0.1) is 11.6 Å². The lowest BCUT2D eigenvalue weighted by molar-refractivity contribution is -0.131. The van der Waals surface area contributed by atoms with E-state index >= 15 is 0 Å². The first-order valence-electron chi connectivity index (χ1n) is 10.6. The number of nitriles is 1. The molecular formula is C25H27N3O2. The fourth-order valence-corrected chi connectivity index (χ4v) is 4.27. The zero-order valence-electron chi connectivity index (χ0n) is 17.6. The van der Waals surface area contributed by atoms with Crippen molar-refractivity contribution in [3.8, 4) is 17.2 Å². The topological polar surface area (TPSA) is 64.4 Å². The van der Waals surface area contributed by atoms with Gasteiger partial charge >= 0.3 is 0 Å². The van der Waals surface area contributed by atoms with E-state index in [-0.39, 0.29) is 11.8 Å². The second kappa shape index (κ2) is 8.31. The van der Waals surface area contributed by atoms with Crippen LogP contribution in [0, 0.1) is 30.1 Å². The average molecular weight is 402 g/mol. The molecule has 0 radical (unpaired) electrons. The highest BCUT2D eigenvalue weighted by Crippen LogP contribution is 2.33. The van der Waals surface area contributed by atoms with E-state index in [1.54, 1.807) is 17.0 Å². The fraction of sp³-hybridized carbons (Fsp3) is 0.400. The summed E-state index contributed by atoms with van der Waals surface area (Å²) in [5.41, 5.74) is 4.33. The molecule has 4 rings (SSSR count). The molecule has 0 N–H and O–H groups in total. The van der Waals surface area contributed by atoms with Gasteiger partial charge in [0.2, 0.25) is 5.91 Å². The summed E-state index contributed by atoms with van der Waals surface area (Å²) in [6.07, 6.45) is 3.04. The number of rotatable bonds is 5. The van der Waals surface area contributed by atoms with Crippen molar-refractivity contribution in [2.24, 2.45) is 11.8 Å². The van der Waals surface area contributed by atoms with Crippen molar-refractivity contribution in [3.63, 3.8) is 0 Å². The minimum absolute atomic E-state index is 0.0193. The molecular weight excluding hydrogens is 374 g/mol. The quantitative estimate of drug-likeness (QED) is 0.764. The van der Waals surface area contributed by atoms with Gasteiger partial charge in [-0.3, -0.25) is 9.59 Å². The molecule has 1 atom stereocenters. The van der Waals surface area contributed by atoms with E-state index in [0.717, 1.165) is 49.0 Å². The third-order valence-electron chi connectivity index (χ3n) is 6.21. The SMILES string of the molecule is Cc1cc(-c2ccc(C#N)cc2)ccc1C(=O)N(C)CC1CCN(C(=O)C2CC2)C1. The van der Waals surface area contributed by atoms with E-state index in [9.17, 15) is 9.59 Å². The highest BCUT2D eigenvalue weighted by molar-refractivity contribution is 5.96. The van der Waals surface area contributed by atoms with E-state index in [2.05, 4.69) is 6.07 Å². The normalized spacial score (nSPS) is 18.2. The van der Waals surface area contributed by atoms with Crippen LogP contribution in [0.25, 0.3) is 11.1 Å². The van der Waals surface area contributed by atoms with E-state index < -0.39 is 0 Å². The Kier molecular flexibility index (Phi) is 5.59. The standard InChI is InChI=1S/C25H27N3O2/c1-17-13-22(20-5-3-18(14-26)4-6-20)9-10-23(17)25(30)27(2)15-19-11-12-28(16-19)24(29)21-7-8-21/h3-6,9-10,13,19,21H,7-8,11-12,15-16H2,1-2H3. The Morgan fingerprint density at radius 3 is 2.43 bits per heavy atom. The zero-order chi connectivity index (χ0) is 21.3. The van der Waals surface area contributed by atoms with E-state index in [0.29, 0.717) is 29.5 Å². The molecule has 2 aromatic rings. The lowest BCUT2D eigenvalue weighted by Crippen LogP contribution is -2.35. The molecule has 0 bridgehead atoms. The Hall–Kier alpha value is -3.13. The Bertz CT molecular complexity index is 1000. The number of aryl methyl sites for hydroxylation is 1. The van der Waals surface area contributed by atoms with Gasteiger partial charge < -0.3 is 9.80 Å². The second-order valence-electron chi connectivity index (χ2n) is 8.62. The maximum Gasteiger partial charge on any atom is 0.253 e. The van der Waals surface area contributed by atoms with Crippen LogP contribution >= 0.6 is 0 Å². The molecule has 154 valence electrons. The Morgan fingerprint density at radius 2 is 1.80 bits per heavy atom. The van der Waals surface area contributed by atoms with Crippen LogP contribution in [0.4, 0.5) is 0 Å². The summed E-state index contributed by atoms with van der Waals surface area (Å²) >= 11 is 0. The van der Waals surface area contributed by atoms with Crippen molar-refractivity contribution in [3.05, 3.63) is 59.2 Å². The van der Waals surface area contributed by atoms with Crippen molar-refractivity contribution < 1.29 is 9.59 Å². The Morgan fingerprint density at radius 1 is 1.10 bits per heavy atom. The molecule has 1 heterocycles. The Labute approximate surface area is 177 Å². The third-order valence-corrected chi connectivity index (χ3v) is 6.21. The second-order valence-corrected chi connectivity index (χ2v) is 8.62. The number of nitrogens with zero attached hydrogens (tertiary/aromatic N) is 3. The summed E-state index contributed by atoms with van der Waals surface area (Å²) < 4.78 is 0. The highest BCUT2D eigenvalue weighted by Gasteiger charge is 2.37. The van der Waals surface area contributed by atoms with Gasteiger partial charge in [-0.15, -0.1) is 0 Å². The van der Waals surface area contributed by atoms with Crippen LogP contribution < -0.4 is 0 Å². The highest BCUT2D eigenvalue weighted by atomic mass is 16.2. The first-order valence-corrected chi connectivity index (χ1v) is 10.6. The van der Waals surface area contributed by atoms with E-state index in [1.807, 2.05) is 49.2 Å². The average Bonchev–Trinajstić information content (AvgIpc) is 3.51. The van der Waals surface area contributed by atoms with Crippen LogP contribution in [0.5, 0.6) is 0 Å². The van der Waals surface area contributed by atoms with Gasteiger partial charge in [0.1, 0.15) is 0 Å². The summed E-state index contributed by atoms with van der Waals surface area (Å²) in [6.45, 7) is 4.22. The van der Waals surface area contributed by atoms with Crippen LogP contribution in [-0.4, -0.2) is 48.3 Å². The molecule has 2 amide bonds. The molecule has 5 nitrogen and oxygen atoms in total. The lowest BCUT2D eigenvalue weighted by Gasteiger charge is -2.23. The van der Waals surface area contributed by atoms with Crippen molar-refractivity contribution in [1.29, 1.82) is 5.26 Å². The molecule has 0 spiro atoms. The molecule has 1 unspecified atom stereocenters. The van der Waals surface area contributed by atoms with Crippen molar-refractivity contribution in [2.45, 2.75) is 26.2 Å². The van der Waals surface area contributed by atoms with Crippen molar-refractivity contribution >= 4 is 11.8 Å². The Balaban J connectivity index is 1.40. The smallest absolute Gasteiger partial charge is 0.253 e. The maximum atomic E-state index is 13.0. The summed E-state index contributed by atoms with van der Waals surface area (Å²) in [5.74, 6) is 0.937. The van der Waals surface area contributed by atoms with E-state index in [4.69, 9.17) is 5.26 Å². The van der Waals surface area contributed by atoms with Crippen LogP contribution in [0.1, 0.15) is 40.7 Å². The number of carbonyl (C=O) groups excluding carboxylic acids is 2. The first kappa shape index (κ1) is 20.2. The number of likely N-dealkylation sites (tertiary alicyclic amines) is 1. The van der Waals surface area contributed by atoms with E-state index in [1.165, 1.54) is 0 Å². The summed E-state index contributed by atoms with van der Waals surface area (Å²) in [6, 6.07) is 15.5. The van der Waals surface area contributed by atoms with Gasteiger partial charge in [0.25, 0.3) is 5.91 Å². The molecule has 1 aliphatic heterocycles. The van der Waals surface area contributed by atoms with Gasteiger partial charge in [0.15, 0.2) is 0 Å². The van der Waals surface area contributed by atoms with Crippen molar-refractivity contribution in [1.82, 2.24) is 9.80 Å². The molecule has 2 aromatic carbocycles. The van der Waals surface area contributed by atoms with Crippen LogP contribution in [-0.2, 0) is 4.79 Å². The number of carbonyl (C=O) groups is 2. The molecule has 5 heteroatoms. The molecule has 1 saturated carbocycles. The molecule has 30 heavy (non-hydrogen) atoms. The largest absolute Gasteiger partial charge is 0.342 e. The zero-order valence-corrected chi connectivity index (χ0v) is 17.6. The van der Waals surface area contributed by atoms with Gasteiger partial charge in [-0.2, -0.15) is 5.26 Å². The maximum absolute atomic E-state index is 13.0. The first-order chi connectivity index (χ1) is 14.5. The number of amides is 2. The van der Waals surface area contributed by atoms with Crippen LogP contribution in [0.2, 0.25) is 0 Å². The molecule has 1 saturated heterocycles. The van der Waals surface area contributed by atoms with Gasteiger partial charge in [-0.25, -0.2) is 0 Å². The molecule has 2 aliphatic rings. The third kappa shape index (κ3) is 4.23. The van der Waals surface area contributed by atoms with Gasteiger partial charge in [0, 0.05) is 38.2 Å².